The minimum absolute atomic E-state index is 0.0616. The molecule has 0 amide bonds. The van der Waals surface area contributed by atoms with Crippen LogP contribution in [0.1, 0.15) is 24.0 Å². The van der Waals surface area contributed by atoms with E-state index in [0.29, 0.717) is 0 Å². The van der Waals surface area contributed by atoms with Gasteiger partial charge in [-0.3, -0.25) is 4.79 Å². The second-order valence-corrected chi connectivity index (χ2v) is 4.76. The fraction of sp³-hybridized carbons (Fsp3) is 0.500. The Balaban J connectivity index is 2.02. The number of ether oxygens (including phenoxy) is 1. The maximum atomic E-state index is 10.6. The number of carbonyl (C=O) groups is 1. The van der Waals surface area contributed by atoms with Crippen molar-refractivity contribution in [3.05, 3.63) is 29.3 Å². The summed E-state index contributed by atoms with van der Waals surface area (Å²) < 4.78 is 5.94. The number of piperidine rings is 1. The molecule has 2 rings (SSSR count). The Morgan fingerprint density at radius 2 is 2.39 bits per heavy atom. The third-order valence-corrected chi connectivity index (χ3v) is 3.14. The van der Waals surface area contributed by atoms with Gasteiger partial charge in [-0.1, -0.05) is 12.1 Å². The Hall–Kier alpha value is -1.55. The van der Waals surface area contributed by atoms with Gasteiger partial charge in [0.2, 0.25) is 0 Å². The average molecular weight is 249 g/mol. The average Bonchev–Trinajstić information content (AvgIpc) is 2.33. The summed E-state index contributed by atoms with van der Waals surface area (Å²) in [5.41, 5.74) is 1.81. The first-order valence-corrected chi connectivity index (χ1v) is 6.34. The lowest BCUT2D eigenvalue weighted by atomic mass is 10.1. The highest BCUT2D eigenvalue weighted by atomic mass is 16.5. The monoisotopic (exact) mass is 249 g/mol. The lowest BCUT2D eigenvalue weighted by Gasteiger charge is -2.24. The third kappa shape index (κ3) is 3.47. The maximum absolute atomic E-state index is 10.6. The topological polar surface area (TPSA) is 58.6 Å². The van der Waals surface area contributed by atoms with E-state index in [9.17, 15) is 4.79 Å². The first-order chi connectivity index (χ1) is 8.65. The van der Waals surface area contributed by atoms with Gasteiger partial charge in [0.25, 0.3) is 0 Å². The molecule has 0 aliphatic carbocycles. The van der Waals surface area contributed by atoms with Crippen molar-refractivity contribution in [3.63, 3.8) is 0 Å². The van der Waals surface area contributed by atoms with Gasteiger partial charge >= 0.3 is 5.97 Å². The zero-order valence-corrected chi connectivity index (χ0v) is 10.6. The third-order valence-electron chi connectivity index (χ3n) is 3.14. The zero-order valence-electron chi connectivity index (χ0n) is 10.6. The van der Waals surface area contributed by atoms with Crippen molar-refractivity contribution < 1.29 is 14.6 Å². The van der Waals surface area contributed by atoms with E-state index < -0.39 is 5.97 Å². The largest absolute Gasteiger partial charge is 0.489 e. The molecule has 1 saturated heterocycles. The van der Waals surface area contributed by atoms with E-state index in [0.717, 1.165) is 42.8 Å². The van der Waals surface area contributed by atoms with Gasteiger partial charge in [0.1, 0.15) is 11.9 Å². The standard InChI is InChI=1S/C14H19NO3/c1-10-7-11(8-14(16)17)4-5-13(10)18-12-3-2-6-15-9-12/h4-5,7,12,15H,2-3,6,8-9H2,1H3,(H,16,17). The van der Waals surface area contributed by atoms with Crippen molar-refractivity contribution in [3.8, 4) is 5.75 Å². The second-order valence-electron chi connectivity index (χ2n) is 4.76. The quantitative estimate of drug-likeness (QED) is 0.853. The van der Waals surface area contributed by atoms with Crippen LogP contribution in [-0.4, -0.2) is 30.3 Å². The van der Waals surface area contributed by atoms with Gasteiger partial charge in [0.05, 0.1) is 6.42 Å². The Morgan fingerprint density at radius 3 is 3.00 bits per heavy atom. The van der Waals surface area contributed by atoms with Crippen LogP contribution in [0.5, 0.6) is 5.75 Å². The molecule has 1 fully saturated rings. The number of carboxylic acids is 1. The Morgan fingerprint density at radius 1 is 1.56 bits per heavy atom. The minimum Gasteiger partial charge on any atom is -0.489 e. The first-order valence-electron chi connectivity index (χ1n) is 6.34. The highest BCUT2D eigenvalue weighted by Crippen LogP contribution is 2.22. The van der Waals surface area contributed by atoms with E-state index in [-0.39, 0.29) is 12.5 Å². The molecule has 1 aromatic carbocycles. The van der Waals surface area contributed by atoms with E-state index in [2.05, 4.69) is 5.32 Å². The molecule has 0 spiro atoms. The van der Waals surface area contributed by atoms with Crippen molar-refractivity contribution in [2.45, 2.75) is 32.3 Å². The Kier molecular flexibility index (Phi) is 4.20. The number of benzene rings is 1. The number of carboxylic acid groups (broad SMARTS) is 1. The molecule has 1 unspecified atom stereocenters. The van der Waals surface area contributed by atoms with Crippen LogP contribution in [0.4, 0.5) is 0 Å². The number of aliphatic carboxylic acids is 1. The van der Waals surface area contributed by atoms with Crippen molar-refractivity contribution in [2.75, 3.05) is 13.1 Å². The summed E-state index contributed by atoms with van der Waals surface area (Å²) in [7, 11) is 0. The van der Waals surface area contributed by atoms with Gasteiger partial charge in [-0.25, -0.2) is 0 Å². The molecule has 2 N–H and O–H groups in total. The number of hydrogen-bond donors (Lipinski definition) is 2. The van der Waals surface area contributed by atoms with E-state index >= 15 is 0 Å². The van der Waals surface area contributed by atoms with E-state index in [1.807, 2.05) is 25.1 Å². The predicted octanol–water partition coefficient (Wildman–Crippen LogP) is 1.75. The summed E-state index contributed by atoms with van der Waals surface area (Å²) in [6.07, 6.45) is 2.50. The molecule has 1 atom stereocenters. The smallest absolute Gasteiger partial charge is 0.307 e. The molecule has 1 aromatic rings. The van der Waals surface area contributed by atoms with Gasteiger partial charge < -0.3 is 15.2 Å². The molecule has 1 aliphatic rings. The SMILES string of the molecule is Cc1cc(CC(=O)O)ccc1OC1CCCNC1. The zero-order chi connectivity index (χ0) is 13.0. The first kappa shape index (κ1) is 12.9. The van der Waals surface area contributed by atoms with Gasteiger partial charge in [0.15, 0.2) is 0 Å². The molecule has 0 bridgehead atoms. The normalized spacial score (nSPS) is 19.5. The van der Waals surface area contributed by atoms with Gasteiger partial charge in [-0.15, -0.1) is 0 Å². The van der Waals surface area contributed by atoms with Crippen molar-refractivity contribution in [2.24, 2.45) is 0 Å². The lowest BCUT2D eigenvalue weighted by molar-refractivity contribution is -0.136. The van der Waals surface area contributed by atoms with Crippen LogP contribution < -0.4 is 10.1 Å². The van der Waals surface area contributed by atoms with Crippen molar-refractivity contribution >= 4 is 5.97 Å². The number of rotatable bonds is 4. The Labute approximate surface area is 107 Å². The molecular weight excluding hydrogens is 230 g/mol. The molecule has 0 radical (unpaired) electrons. The van der Waals surface area contributed by atoms with Crippen molar-refractivity contribution in [1.82, 2.24) is 5.32 Å². The van der Waals surface area contributed by atoms with Crippen LogP contribution in [0, 0.1) is 6.92 Å². The maximum Gasteiger partial charge on any atom is 0.307 e. The molecule has 4 nitrogen and oxygen atoms in total. The second kappa shape index (κ2) is 5.87. The number of hydrogen-bond acceptors (Lipinski definition) is 3. The molecule has 0 aromatic heterocycles. The van der Waals surface area contributed by atoms with Crippen molar-refractivity contribution in [1.29, 1.82) is 0 Å². The molecule has 18 heavy (non-hydrogen) atoms. The molecule has 1 aliphatic heterocycles. The molecule has 1 heterocycles. The molecule has 98 valence electrons. The van der Waals surface area contributed by atoms with Gasteiger partial charge in [-0.05, 0) is 43.5 Å². The minimum atomic E-state index is -0.806. The van der Waals surface area contributed by atoms with E-state index in [4.69, 9.17) is 9.84 Å². The fourth-order valence-electron chi connectivity index (χ4n) is 2.23. The van der Waals surface area contributed by atoms with Crippen LogP contribution in [0.3, 0.4) is 0 Å². The number of aryl methyl sites for hydroxylation is 1. The number of nitrogens with one attached hydrogen (secondary N) is 1. The van der Waals surface area contributed by atoms with E-state index in [1.165, 1.54) is 0 Å². The van der Waals surface area contributed by atoms with Crippen LogP contribution in [-0.2, 0) is 11.2 Å². The summed E-state index contributed by atoms with van der Waals surface area (Å²) in [5.74, 6) is 0.0531. The molecule has 0 saturated carbocycles. The summed E-state index contributed by atoms with van der Waals surface area (Å²) >= 11 is 0. The summed E-state index contributed by atoms with van der Waals surface area (Å²) in [6.45, 7) is 3.91. The predicted molar refractivity (Wildman–Crippen MR) is 69.0 cm³/mol. The van der Waals surface area contributed by atoms with Crippen LogP contribution in [0.2, 0.25) is 0 Å². The highest BCUT2D eigenvalue weighted by Gasteiger charge is 2.15. The van der Waals surface area contributed by atoms with Gasteiger partial charge in [0, 0.05) is 6.54 Å². The molecular formula is C14H19NO3. The summed E-state index contributed by atoms with van der Waals surface area (Å²) in [4.78, 5) is 10.6. The fourth-order valence-corrected chi connectivity index (χ4v) is 2.23. The summed E-state index contributed by atoms with van der Waals surface area (Å²) in [5, 5.41) is 12.1. The van der Waals surface area contributed by atoms with Crippen LogP contribution in [0.15, 0.2) is 18.2 Å². The Bertz CT molecular complexity index is 425. The highest BCUT2D eigenvalue weighted by molar-refractivity contribution is 5.70. The lowest BCUT2D eigenvalue weighted by Crippen LogP contribution is -2.37. The van der Waals surface area contributed by atoms with Crippen LogP contribution in [0.25, 0.3) is 0 Å². The summed E-state index contributed by atoms with van der Waals surface area (Å²) in [6, 6.07) is 5.59. The van der Waals surface area contributed by atoms with E-state index in [1.54, 1.807) is 0 Å². The van der Waals surface area contributed by atoms with Crippen LogP contribution >= 0.6 is 0 Å². The molecule has 4 heteroatoms. The van der Waals surface area contributed by atoms with Gasteiger partial charge in [-0.2, -0.15) is 0 Å².